The average molecular weight is 192 g/mol. The minimum Gasteiger partial charge on any atom is -0.469 e. The van der Waals surface area contributed by atoms with Crippen LogP contribution >= 0.6 is 12.4 Å². The fourth-order valence-corrected chi connectivity index (χ4v) is 1.28. The van der Waals surface area contributed by atoms with Crippen molar-refractivity contribution in [2.24, 2.45) is 11.7 Å². The van der Waals surface area contributed by atoms with Crippen molar-refractivity contribution < 1.29 is 9.53 Å². The molecule has 12 heavy (non-hydrogen) atoms. The molecule has 0 amide bonds. The third-order valence-corrected chi connectivity index (χ3v) is 1.97. The van der Waals surface area contributed by atoms with E-state index in [1.54, 1.807) is 0 Å². The zero-order valence-corrected chi connectivity index (χ0v) is 7.84. The van der Waals surface area contributed by atoms with Crippen molar-refractivity contribution in [3.05, 3.63) is 12.2 Å². The Labute approximate surface area is 78.4 Å². The summed E-state index contributed by atoms with van der Waals surface area (Å²) in [5.74, 6) is -0.327. The van der Waals surface area contributed by atoms with E-state index in [9.17, 15) is 4.79 Å². The van der Waals surface area contributed by atoms with Crippen LogP contribution in [-0.4, -0.2) is 19.1 Å². The van der Waals surface area contributed by atoms with Gasteiger partial charge in [0.05, 0.1) is 13.0 Å². The van der Waals surface area contributed by atoms with Crippen molar-refractivity contribution >= 4 is 18.4 Å². The van der Waals surface area contributed by atoms with Crippen LogP contribution in [0.15, 0.2) is 12.2 Å². The van der Waals surface area contributed by atoms with Crippen LogP contribution in [0.4, 0.5) is 0 Å². The summed E-state index contributed by atoms with van der Waals surface area (Å²) in [6.45, 7) is 0. The van der Waals surface area contributed by atoms with Crippen LogP contribution in [0.25, 0.3) is 0 Å². The first-order valence-electron chi connectivity index (χ1n) is 3.76. The molecule has 1 aliphatic carbocycles. The molecular weight excluding hydrogens is 178 g/mol. The van der Waals surface area contributed by atoms with E-state index in [-0.39, 0.29) is 30.3 Å². The van der Waals surface area contributed by atoms with Crippen LogP contribution in [0.3, 0.4) is 0 Å². The van der Waals surface area contributed by atoms with Crippen molar-refractivity contribution in [3.8, 4) is 0 Å². The van der Waals surface area contributed by atoms with Crippen molar-refractivity contribution in [3.63, 3.8) is 0 Å². The minimum absolute atomic E-state index is 0. The summed E-state index contributed by atoms with van der Waals surface area (Å²) in [5, 5.41) is 0. The summed E-state index contributed by atoms with van der Waals surface area (Å²) in [4.78, 5) is 11.0. The lowest BCUT2D eigenvalue weighted by molar-refractivity contribution is -0.146. The van der Waals surface area contributed by atoms with Gasteiger partial charge in [0.15, 0.2) is 0 Å². The maximum absolute atomic E-state index is 11.0. The third-order valence-electron chi connectivity index (χ3n) is 1.97. The maximum Gasteiger partial charge on any atom is 0.310 e. The SMILES string of the molecule is COC(=O)[C@H]1CCC=C[C@H]1N.Cl. The number of carbonyl (C=O) groups excluding carboxylic acids is 1. The molecule has 1 rings (SSSR count). The molecule has 0 heterocycles. The second kappa shape index (κ2) is 5.17. The van der Waals surface area contributed by atoms with Gasteiger partial charge in [-0.3, -0.25) is 4.79 Å². The van der Waals surface area contributed by atoms with Crippen LogP contribution in [0.5, 0.6) is 0 Å². The molecule has 0 unspecified atom stereocenters. The predicted octanol–water partition coefficient (Wildman–Crippen LogP) is 0.875. The van der Waals surface area contributed by atoms with E-state index in [2.05, 4.69) is 4.74 Å². The molecule has 2 N–H and O–H groups in total. The molecule has 0 aromatic heterocycles. The highest BCUT2D eigenvalue weighted by Crippen LogP contribution is 2.18. The lowest BCUT2D eigenvalue weighted by Gasteiger charge is -2.21. The quantitative estimate of drug-likeness (QED) is 0.495. The number of hydrogen-bond donors (Lipinski definition) is 1. The summed E-state index contributed by atoms with van der Waals surface area (Å²) in [7, 11) is 1.40. The Morgan fingerprint density at radius 3 is 2.83 bits per heavy atom. The molecule has 0 radical (unpaired) electrons. The summed E-state index contributed by atoms with van der Waals surface area (Å²) >= 11 is 0. The van der Waals surface area contributed by atoms with Gasteiger partial charge in [-0.2, -0.15) is 0 Å². The van der Waals surface area contributed by atoms with Crippen molar-refractivity contribution in [1.82, 2.24) is 0 Å². The predicted molar refractivity (Wildman–Crippen MR) is 49.1 cm³/mol. The average Bonchev–Trinajstić information content (AvgIpc) is 2.04. The number of allylic oxidation sites excluding steroid dienone is 1. The molecular formula is C8H14ClNO2. The van der Waals surface area contributed by atoms with Crippen molar-refractivity contribution in [1.29, 1.82) is 0 Å². The maximum atomic E-state index is 11.0. The molecule has 0 saturated carbocycles. The Bertz CT molecular complexity index is 182. The number of ether oxygens (including phenoxy) is 1. The fraction of sp³-hybridized carbons (Fsp3) is 0.625. The Balaban J connectivity index is 0.00000121. The van der Waals surface area contributed by atoms with Crippen molar-refractivity contribution in [2.75, 3.05) is 7.11 Å². The van der Waals surface area contributed by atoms with E-state index in [0.29, 0.717) is 0 Å². The van der Waals surface area contributed by atoms with Crippen LogP contribution < -0.4 is 5.73 Å². The summed E-state index contributed by atoms with van der Waals surface area (Å²) in [5.41, 5.74) is 5.67. The number of methoxy groups -OCH3 is 1. The van der Waals surface area contributed by atoms with Crippen LogP contribution in [0.2, 0.25) is 0 Å². The van der Waals surface area contributed by atoms with E-state index in [1.165, 1.54) is 7.11 Å². The summed E-state index contributed by atoms with van der Waals surface area (Å²) < 4.78 is 4.61. The highest BCUT2D eigenvalue weighted by molar-refractivity contribution is 5.85. The number of esters is 1. The van der Waals surface area contributed by atoms with E-state index < -0.39 is 0 Å². The van der Waals surface area contributed by atoms with Gasteiger partial charge in [-0.1, -0.05) is 12.2 Å². The van der Waals surface area contributed by atoms with Gasteiger partial charge in [0.2, 0.25) is 0 Å². The van der Waals surface area contributed by atoms with Gasteiger partial charge in [0.1, 0.15) is 0 Å². The second-order valence-electron chi connectivity index (χ2n) is 2.71. The van der Waals surface area contributed by atoms with Crippen LogP contribution in [0, 0.1) is 5.92 Å². The largest absolute Gasteiger partial charge is 0.469 e. The standard InChI is InChI=1S/C8H13NO2.ClH/c1-11-8(10)6-4-2-3-5-7(6)9;/h3,5-7H,2,4,9H2,1H3;1H/t6-,7+;/m0./s1. The number of halogens is 1. The van der Waals surface area contributed by atoms with Crippen LogP contribution in [-0.2, 0) is 9.53 Å². The third kappa shape index (κ3) is 2.50. The molecule has 0 bridgehead atoms. The lowest BCUT2D eigenvalue weighted by Crippen LogP contribution is -2.36. The summed E-state index contributed by atoms with van der Waals surface area (Å²) in [6.07, 6.45) is 5.60. The first-order chi connectivity index (χ1) is 5.25. The Morgan fingerprint density at radius 2 is 2.33 bits per heavy atom. The molecule has 0 saturated heterocycles. The highest BCUT2D eigenvalue weighted by Gasteiger charge is 2.25. The molecule has 4 heteroatoms. The van der Waals surface area contributed by atoms with E-state index >= 15 is 0 Å². The number of nitrogens with two attached hydrogens (primary N) is 1. The van der Waals surface area contributed by atoms with Gasteiger partial charge in [-0.25, -0.2) is 0 Å². The molecule has 0 aromatic rings. The van der Waals surface area contributed by atoms with E-state index in [1.807, 2.05) is 12.2 Å². The first-order valence-corrected chi connectivity index (χ1v) is 3.76. The van der Waals surface area contributed by atoms with Crippen molar-refractivity contribution in [2.45, 2.75) is 18.9 Å². The van der Waals surface area contributed by atoms with Gasteiger partial charge in [-0.05, 0) is 12.8 Å². The number of rotatable bonds is 1. The van der Waals surface area contributed by atoms with Gasteiger partial charge in [-0.15, -0.1) is 12.4 Å². The monoisotopic (exact) mass is 191 g/mol. The lowest BCUT2D eigenvalue weighted by atomic mass is 9.90. The van der Waals surface area contributed by atoms with E-state index in [4.69, 9.17) is 5.73 Å². The van der Waals surface area contributed by atoms with E-state index in [0.717, 1.165) is 12.8 Å². The van der Waals surface area contributed by atoms with Gasteiger partial charge < -0.3 is 10.5 Å². The molecule has 70 valence electrons. The second-order valence-corrected chi connectivity index (χ2v) is 2.71. The Morgan fingerprint density at radius 1 is 1.67 bits per heavy atom. The fourth-order valence-electron chi connectivity index (χ4n) is 1.28. The van der Waals surface area contributed by atoms with Gasteiger partial charge in [0.25, 0.3) is 0 Å². The molecule has 2 atom stereocenters. The number of carbonyl (C=O) groups is 1. The van der Waals surface area contributed by atoms with Crippen LogP contribution in [0.1, 0.15) is 12.8 Å². The topological polar surface area (TPSA) is 52.3 Å². The Hall–Kier alpha value is -0.540. The highest BCUT2D eigenvalue weighted by atomic mass is 35.5. The molecule has 3 nitrogen and oxygen atoms in total. The zero-order chi connectivity index (χ0) is 8.27. The molecule has 0 fully saturated rings. The minimum atomic E-state index is -0.193. The Kier molecular flexibility index (Phi) is 4.93. The molecule has 0 spiro atoms. The van der Waals surface area contributed by atoms with Gasteiger partial charge in [0, 0.05) is 6.04 Å². The normalized spacial score (nSPS) is 27.5. The molecule has 1 aliphatic rings. The smallest absolute Gasteiger partial charge is 0.310 e. The van der Waals surface area contributed by atoms with Gasteiger partial charge >= 0.3 is 5.97 Å². The number of hydrogen-bond acceptors (Lipinski definition) is 3. The zero-order valence-electron chi connectivity index (χ0n) is 7.03. The first kappa shape index (κ1) is 11.5. The summed E-state index contributed by atoms with van der Waals surface area (Å²) in [6, 6.07) is -0.156. The molecule has 0 aliphatic heterocycles. The molecule has 0 aromatic carbocycles.